The van der Waals surface area contributed by atoms with Crippen LogP contribution >= 0.6 is 0 Å². The van der Waals surface area contributed by atoms with E-state index in [4.69, 9.17) is 0 Å². The highest BCUT2D eigenvalue weighted by molar-refractivity contribution is 5.98. The van der Waals surface area contributed by atoms with E-state index >= 15 is 0 Å². The first kappa shape index (κ1) is 22.6. The average Bonchev–Trinajstić information content (AvgIpc) is 3.43. The minimum absolute atomic E-state index is 0.0286. The molecule has 6 nitrogen and oxygen atoms in total. The molecular formula is C24H23F3N4O2. The molecule has 1 heterocycles. The Bertz CT molecular complexity index is 1160. The Hall–Kier alpha value is -3.62. The summed E-state index contributed by atoms with van der Waals surface area (Å²) in [6, 6.07) is 12.1. The van der Waals surface area contributed by atoms with Crippen molar-refractivity contribution in [1.29, 1.82) is 0 Å². The molecule has 0 radical (unpaired) electrons. The minimum Gasteiger partial charge on any atom is -0.355 e. The van der Waals surface area contributed by atoms with E-state index in [1.165, 1.54) is 18.2 Å². The monoisotopic (exact) mass is 456 g/mol. The second-order valence-corrected chi connectivity index (χ2v) is 8.29. The molecule has 1 aliphatic rings. The van der Waals surface area contributed by atoms with Crippen molar-refractivity contribution >= 4 is 23.1 Å². The summed E-state index contributed by atoms with van der Waals surface area (Å²) in [7, 11) is 1.74. The molecule has 1 fully saturated rings. The lowest BCUT2D eigenvalue weighted by Crippen LogP contribution is -2.33. The van der Waals surface area contributed by atoms with E-state index in [1.807, 2.05) is 0 Å². The topological polar surface area (TPSA) is 76.0 Å². The first-order valence-electron chi connectivity index (χ1n) is 10.5. The van der Waals surface area contributed by atoms with E-state index in [0.717, 1.165) is 11.6 Å². The fourth-order valence-electron chi connectivity index (χ4n) is 3.73. The van der Waals surface area contributed by atoms with Crippen LogP contribution in [-0.4, -0.2) is 21.2 Å². The highest BCUT2D eigenvalue weighted by atomic mass is 19.4. The maximum atomic E-state index is 13.2. The first-order valence-corrected chi connectivity index (χ1v) is 10.5. The first-order chi connectivity index (χ1) is 15.7. The number of alkyl halides is 3. The zero-order valence-electron chi connectivity index (χ0n) is 17.9. The molecule has 172 valence electrons. The molecule has 0 unspecified atom stereocenters. The third-order valence-electron chi connectivity index (χ3n) is 5.82. The normalized spacial score (nSPS) is 14.5. The zero-order valence-corrected chi connectivity index (χ0v) is 17.9. The van der Waals surface area contributed by atoms with Gasteiger partial charge >= 0.3 is 6.18 Å². The lowest BCUT2D eigenvalue weighted by Gasteiger charge is -2.16. The number of amides is 1. The number of hydrogen-bond donors (Lipinski definition) is 2. The molecule has 0 aliphatic heterocycles. The van der Waals surface area contributed by atoms with Crippen LogP contribution in [0.2, 0.25) is 0 Å². The fourth-order valence-corrected chi connectivity index (χ4v) is 3.73. The van der Waals surface area contributed by atoms with Gasteiger partial charge in [0.05, 0.1) is 16.7 Å². The average molecular weight is 456 g/mol. The summed E-state index contributed by atoms with van der Waals surface area (Å²) in [4.78, 5) is 29.3. The quantitative estimate of drug-likeness (QED) is 0.475. The minimum atomic E-state index is -4.45. The number of para-hydroxylation sites is 1. The van der Waals surface area contributed by atoms with E-state index in [0.29, 0.717) is 24.4 Å². The molecule has 2 N–H and O–H groups in total. The Labute approximate surface area is 188 Å². The van der Waals surface area contributed by atoms with Crippen molar-refractivity contribution in [2.45, 2.75) is 32.0 Å². The second kappa shape index (κ2) is 8.73. The summed E-state index contributed by atoms with van der Waals surface area (Å²) in [5.41, 5.74) is -0.160. The number of aryl methyl sites for hydroxylation is 1. The number of Topliss-reactive ketones (excluding diaryl/α,β-unsaturated/α-hetero) is 1. The van der Waals surface area contributed by atoms with Gasteiger partial charge in [0.15, 0.2) is 11.6 Å². The van der Waals surface area contributed by atoms with Gasteiger partial charge in [0.2, 0.25) is 5.91 Å². The molecule has 0 spiro atoms. The van der Waals surface area contributed by atoms with E-state index < -0.39 is 17.2 Å². The predicted molar refractivity (Wildman–Crippen MR) is 117 cm³/mol. The Kier molecular flexibility index (Phi) is 5.97. The number of imidazole rings is 1. The zero-order chi connectivity index (χ0) is 23.6. The number of anilines is 2. The number of halogens is 3. The van der Waals surface area contributed by atoms with Crippen LogP contribution in [0.25, 0.3) is 0 Å². The van der Waals surface area contributed by atoms with Crippen LogP contribution < -0.4 is 10.6 Å². The summed E-state index contributed by atoms with van der Waals surface area (Å²) in [5.74, 6) is 0.000316. The number of ketones is 1. The van der Waals surface area contributed by atoms with Gasteiger partial charge in [-0.15, -0.1) is 0 Å². The Morgan fingerprint density at radius 1 is 1.09 bits per heavy atom. The molecule has 0 atom stereocenters. The van der Waals surface area contributed by atoms with Crippen LogP contribution in [0.15, 0.2) is 60.9 Å². The molecule has 1 saturated carbocycles. The third kappa shape index (κ3) is 5.08. The predicted octanol–water partition coefficient (Wildman–Crippen LogP) is 4.85. The number of nitrogens with one attached hydrogen (secondary N) is 2. The molecular weight excluding hydrogens is 433 g/mol. The van der Waals surface area contributed by atoms with Gasteiger partial charge in [-0.1, -0.05) is 24.3 Å². The van der Waals surface area contributed by atoms with Crippen molar-refractivity contribution in [3.8, 4) is 0 Å². The van der Waals surface area contributed by atoms with Crippen LogP contribution in [0, 0.1) is 5.41 Å². The number of carbonyl (C=O) groups is 2. The van der Waals surface area contributed by atoms with Crippen LogP contribution in [0.5, 0.6) is 0 Å². The van der Waals surface area contributed by atoms with E-state index in [2.05, 4.69) is 15.6 Å². The second-order valence-electron chi connectivity index (χ2n) is 8.29. The molecule has 33 heavy (non-hydrogen) atoms. The molecule has 0 bridgehead atoms. The maximum Gasteiger partial charge on any atom is 0.418 e. The van der Waals surface area contributed by atoms with Crippen molar-refractivity contribution in [1.82, 2.24) is 14.9 Å². The van der Waals surface area contributed by atoms with Crippen molar-refractivity contribution in [2.24, 2.45) is 12.5 Å². The standard InChI is InChI=1S/C24H23F3N4O2/c1-31-13-12-28-21(31)20(32)14-23(10-11-23)22(33)29-15-16-6-8-17(9-7-16)30-19-5-3-2-4-18(19)24(25,26)27/h2-9,12-13,30H,10-11,14-15H2,1H3,(H,29,33). The molecule has 2 aromatic carbocycles. The largest absolute Gasteiger partial charge is 0.418 e. The van der Waals surface area contributed by atoms with Gasteiger partial charge in [-0.3, -0.25) is 9.59 Å². The van der Waals surface area contributed by atoms with Gasteiger partial charge < -0.3 is 15.2 Å². The number of benzene rings is 2. The molecule has 1 aliphatic carbocycles. The number of nitrogens with zero attached hydrogens (tertiary/aromatic N) is 2. The summed E-state index contributed by atoms with van der Waals surface area (Å²) < 4.78 is 41.1. The number of rotatable bonds is 8. The van der Waals surface area contributed by atoms with Crippen LogP contribution in [0.3, 0.4) is 0 Å². The number of aromatic nitrogens is 2. The molecule has 1 amide bonds. The van der Waals surface area contributed by atoms with Crippen LogP contribution in [0.4, 0.5) is 24.5 Å². The van der Waals surface area contributed by atoms with E-state index in [-0.39, 0.29) is 30.3 Å². The molecule has 1 aromatic heterocycles. The molecule has 4 rings (SSSR count). The van der Waals surface area contributed by atoms with Gasteiger partial charge in [-0.2, -0.15) is 13.2 Å². The Morgan fingerprint density at radius 2 is 1.79 bits per heavy atom. The summed E-state index contributed by atoms with van der Waals surface area (Å²) >= 11 is 0. The highest BCUT2D eigenvalue weighted by Crippen LogP contribution is 2.49. The van der Waals surface area contributed by atoms with Crippen molar-refractivity contribution in [3.05, 3.63) is 77.9 Å². The lowest BCUT2D eigenvalue weighted by atomic mass is 9.97. The number of hydrogen-bond acceptors (Lipinski definition) is 4. The van der Waals surface area contributed by atoms with Gasteiger partial charge in [0.25, 0.3) is 0 Å². The van der Waals surface area contributed by atoms with Crippen LogP contribution in [-0.2, 0) is 24.6 Å². The van der Waals surface area contributed by atoms with E-state index in [1.54, 1.807) is 48.3 Å². The smallest absolute Gasteiger partial charge is 0.355 e. The van der Waals surface area contributed by atoms with Gasteiger partial charge in [-0.25, -0.2) is 4.98 Å². The van der Waals surface area contributed by atoms with Crippen LogP contribution in [0.1, 0.15) is 41.0 Å². The lowest BCUT2D eigenvalue weighted by molar-refractivity contribution is -0.137. The van der Waals surface area contributed by atoms with Gasteiger partial charge in [0.1, 0.15) is 0 Å². The van der Waals surface area contributed by atoms with Crippen molar-refractivity contribution in [2.75, 3.05) is 5.32 Å². The molecule has 9 heteroatoms. The van der Waals surface area contributed by atoms with Gasteiger partial charge in [-0.05, 0) is 42.7 Å². The number of carbonyl (C=O) groups excluding carboxylic acids is 2. The summed E-state index contributed by atoms with van der Waals surface area (Å²) in [6.07, 6.45) is 0.197. The molecule has 0 saturated heterocycles. The summed E-state index contributed by atoms with van der Waals surface area (Å²) in [5, 5.41) is 5.67. The Balaban J connectivity index is 1.34. The molecule has 3 aromatic rings. The fraction of sp³-hybridized carbons (Fsp3) is 0.292. The van der Waals surface area contributed by atoms with Gasteiger partial charge in [0, 0.05) is 38.1 Å². The van der Waals surface area contributed by atoms with Crippen molar-refractivity contribution in [3.63, 3.8) is 0 Å². The Morgan fingerprint density at radius 3 is 2.39 bits per heavy atom. The maximum absolute atomic E-state index is 13.2. The SMILES string of the molecule is Cn1ccnc1C(=O)CC1(C(=O)NCc2ccc(Nc3ccccc3C(F)(F)F)cc2)CC1. The van der Waals surface area contributed by atoms with E-state index in [9.17, 15) is 22.8 Å². The third-order valence-corrected chi connectivity index (χ3v) is 5.82. The summed E-state index contributed by atoms with van der Waals surface area (Å²) in [6.45, 7) is 0.261. The van der Waals surface area contributed by atoms with Crippen molar-refractivity contribution < 1.29 is 22.8 Å². The highest BCUT2D eigenvalue weighted by Gasteiger charge is 2.51.